The zero-order valence-electron chi connectivity index (χ0n) is 30.2. The van der Waals surface area contributed by atoms with E-state index in [0.29, 0.717) is 11.5 Å². The van der Waals surface area contributed by atoms with E-state index in [-0.39, 0.29) is 25.8 Å². The van der Waals surface area contributed by atoms with Gasteiger partial charge in [-0.2, -0.15) is 17.2 Å². The molecular weight excluding hydrogens is 707 g/mol. The minimum atomic E-state index is 0. The van der Waals surface area contributed by atoms with Crippen molar-refractivity contribution in [2.45, 2.75) is 74.7 Å². The minimum absolute atomic E-state index is 0. The van der Waals surface area contributed by atoms with E-state index in [1.165, 1.54) is 33.5 Å². The molecule has 256 valence electrons. The number of benzene rings is 4. The Kier molecular flexibility index (Phi) is 9.91. The molecule has 0 radical (unpaired) electrons. The van der Waals surface area contributed by atoms with Gasteiger partial charge >= 0.3 is 20.4 Å². The third-order valence-corrected chi connectivity index (χ3v) is 9.34. The van der Waals surface area contributed by atoms with E-state index < -0.39 is 0 Å². The fraction of sp³-hybridized carbons (Fsp3) is 0.273. The second-order valence-electron chi connectivity index (χ2n) is 14.5. The molecule has 0 fully saturated rings. The molecular formula is C44H44N4OPd. The fourth-order valence-electron chi connectivity index (χ4n) is 6.85. The van der Waals surface area contributed by atoms with Crippen LogP contribution in [0.3, 0.4) is 0 Å². The summed E-state index contributed by atoms with van der Waals surface area (Å²) in [6, 6.07) is 34.5. The molecule has 0 atom stereocenters. The van der Waals surface area contributed by atoms with Crippen LogP contribution < -0.4 is 4.74 Å². The van der Waals surface area contributed by atoms with Crippen LogP contribution in [-0.2, 0) is 33.3 Å². The Hall–Kier alpha value is -4.50. The van der Waals surface area contributed by atoms with E-state index in [1.807, 2.05) is 30.5 Å². The first-order valence-electron chi connectivity index (χ1n) is 17.3. The molecule has 0 aliphatic carbocycles. The summed E-state index contributed by atoms with van der Waals surface area (Å²) in [5.74, 6) is 2.09. The molecule has 0 N–H and O–H groups in total. The normalized spacial score (nSPS) is 11.7. The number of nitrogens with zero attached hydrogens (tertiary/aromatic N) is 4. The van der Waals surface area contributed by atoms with E-state index >= 15 is 0 Å². The largest absolute Gasteiger partial charge is 2.00 e. The molecule has 0 amide bonds. The van der Waals surface area contributed by atoms with Gasteiger partial charge in [-0.1, -0.05) is 70.0 Å². The molecule has 3 heterocycles. The van der Waals surface area contributed by atoms with Crippen LogP contribution in [0, 0.1) is 45.2 Å². The van der Waals surface area contributed by atoms with Gasteiger partial charge in [0.15, 0.2) is 0 Å². The monoisotopic (exact) mass is 750 g/mol. The van der Waals surface area contributed by atoms with Gasteiger partial charge in [0.1, 0.15) is 5.82 Å². The summed E-state index contributed by atoms with van der Waals surface area (Å²) in [6.45, 7) is 17.8. The third-order valence-electron chi connectivity index (χ3n) is 9.34. The predicted octanol–water partition coefficient (Wildman–Crippen LogP) is 11.2. The maximum absolute atomic E-state index is 6.53. The summed E-state index contributed by atoms with van der Waals surface area (Å²) < 4.78 is 10.8. The average Bonchev–Trinajstić information content (AvgIpc) is 3.57. The van der Waals surface area contributed by atoms with Gasteiger partial charge in [-0.05, 0) is 103 Å². The van der Waals surface area contributed by atoms with Gasteiger partial charge in [0, 0.05) is 28.8 Å². The van der Waals surface area contributed by atoms with Crippen molar-refractivity contribution in [2.24, 2.45) is 5.41 Å². The number of ether oxygens (including phenoxy) is 1. The van der Waals surface area contributed by atoms with Crippen LogP contribution in [-0.4, -0.2) is 19.3 Å². The Morgan fingerprint density at radius 2 is 1.54 bits per heavy atom. The molecule has 0 bridgehead atoms. The molecule has 0 unspecified atom stereocenters. The first kappa shape index (κ1) is 35.3. The minimum Gasteiger partial charge on any atom is -0.509 e. The van der Waals surface area contributed by atoms with Crippen molar-refractivity contribution in [2.75, 3.05) is 0 Å². The van der Waals surface area contributed by atoms with E-state index in [1.54, 1.807) is 0 Å². The molecule has 0 aliphatic rings. The third kappa shape index (κ3) is 6.80. The number of aryl methyl sites for hydroxylation is 4. The van der Waals surface area contributed by atoms with Crippen molar-refractivity contribution in [3.05, 3.63) is 131 Å². The van der Waals surface area contributed by atoms with Gasteiger partial charge < -0.3 is 9.30 Å². The second-order valence-corrected chi connectivity index (χ2v) is 14.5. The van der Waals surface area contributed by atoms with Crippen molar-refractivity contribution >= 4 is 21.8 Å². The standard InChI is InChI=1S/C44H44N4O.Pd/c1-9-13-38-43(32-23-29(3)31(5)30(4)24-32)41(27-44(6,7)8)48(46-38)33-14-12-15-34(25-33)49-35-18-19-37-36-16-10-11-17-39(36)47(40(37)26-35)42-22-28(2)20-21-45-42;/h10-12,14-24H,9,13,27H2,1-8H3;/q-2;+2. The molecule has 50 heavy (non-hydrogen) atoms. The first-order valence-corrected chi connectivity index (χ1v) is 17.3. The SMILES string of the molecule is CCCc1nn(-c2[c-]c(Oc3[c-]c4c(cc3)c3ccccc3n4-c3cc(C)ccn3)ccc2)c(CC(C)(C)C)c1-c1cc(C)c(C)c(C)c1.[Pd+2]. The van der Waals surface area contributed by atoms with Gasteiger partial charge in [-0.25, -0.2) is 4.98 Å². The van der Waals surface area contributed by atoms with Crippen LogP contribution in [0.2, 0.25) is 0 Å². The Balaban J connectivity index is 0.00000432. The van der Waals surface area contributed by atoms with Crippen LogP contribution in [0.15, 0.2) is 85.1 Å². The summed E-state index contributed by atoms with van der Waals surface area (Å²) in [7, 11) is 0. The maximum Gasteiger partial charge on any atom is 2.00 e. The van der Waals surface area contributed by atoms with E-state index in [2.05, 4.69) is 131 Å². The number of aromatic nitrogens is 4. The Morgan fingerprint density at radius 1 is 0.800 bits per heavy atom. The van der Waals surface area contributed by atoms with Gasteiger partial charge in [0.25, 0.3) is 0 Å². The van der Waals surface area contributed by atoms with Gasteiger partial charge in [0.2, 0.25) is 0 Å². The fourth-order valence-corrected chi connectivity index (χ4v) is 6.85. The molecule has 7 aromatic rings. The Morgan fingerprint density at radius 3 is 2.26 bits per heavy atom. The maximum atomic E-state index is 6.53. The zero-order valence-corrected chi connectivity index (χ0v) is 31.8. The van der Waals surface area contributed by atoms with Gasteiger partial charge in [-0.3, -0.25) is 4.68 Å². The summed E-state index contributed by atoms with van der Waals surface area (Å²) >= 11 is 0. The molecule has 0 aliphatic heterocycles. The number of rotatable bonds is 8. The van der Waals surface area contributed by atoms with Crippen LogP contribution in [0.25, 0.3) is 44.4 Å². The van der Waals surface area contributed by atoms with Crippen LogP contribution in [0.4, 0.5) is 0 Å². The number of hydrogen-bond acceptors (Lipinski definition) is 3. The molecule has 6 heteroatoms. The van der Waals surface area contributed by atoms with Gasteiger partial charge in [-0.15, -0.1) is 35.7 Å². The molecule has 3 aromatic heterocycles. The molecule has 4 aromatic carbocycles. The molecule has 0 saturated heterocycles. The zero-order chi connectivity index (χ0) is 34.4. The second kappa shape index (κ2) is 14.0. The number of hydrogen-bond donors (Lipinski definition) is 0. The molecule has 0 saturated carbocycles. The predicted molar refractivity (Wildman–Crippen MR) is 201 cm³/mol. The topological polar surface area (TPSA) is 44.9 Å². The quantitative estimate of drug-likeness (QED) is 0.115. The van der Waals surface area contributed by atoms with Crippen molar-refractivity contribution in [1.82, 2.24) is 19.3 Å². The van der Waals surface area contributed by atoms with E-state index in [0.717, 1.165) is 63.8 Å². The number of fused-ring (bicyclic) bond motifs is 3. The summed E-state index contributed by atoms with van der Waals surface area (Å²) in [6.07, 6.45) is 4.64. The summed E-state index contributed by atoms with van der Waals surface area (Å²) in [4.78, 5) is 4.72. The van der Waals surface area contributed by atoms with E-state index in [9.17, 15) is 0 Å². The molecule has 5 nitrogen and oxygen atoms in total. The van der Waals surface area contributed by atoms with Crippen LogP contribution in [0.1, 0.15) is 67.8 Å². The summed E-state index contributed by atoms with van der Waals surface area (Å²) in [5, 5.41) is 7.54. The van der Waals surface area contributed by atoms with Crippen LogP contribution in [0.5, 0.6) is 11.5 Å². The number of para-hydroxylation sites is 1. The van der Waals surface area contributed by atoms with Gasteiger partial charge in [0.05, 0.1) is 11.4 Å². The Bertz CT molecular complexity index is 2320. The molecule has 0 spiro atoms. The average molecular weight is 751 g/mol. The van der Waals surface area contributed by atoms with Crippen LogP contribution >= 0.6 is 0 Å². The van der Waals surface area contributed by atoms with Crippen molar-refractivity contribution in [1.29, 1.82) is 0 Å². The van der Waals surface area contributed by atoms with Crippen molar-refractivity contribution in [3.63, 3.8) is 0 Å². The first-order chi connectivity index (χ1) is 23.5. The van der Waals surface area contributed by atoms with E-state index in [4.69, 9.17) is 14.8 Å². The number of pyridine rings is 1. The smallest absolute Gasteiger partial charge is 0.509 e. The molecule has 7 rings (SSSR count). The summed E-state index contributed by atoms with van der Waals surface area (Å²) in [5.41, 5.74) is 12.8. The van der Waals surface area contributed by atoms with Crippen molar-refractivity contribution in [3.8, 4) is 34.1 Å². The van der Waals surface area contributed by atoms with Crippen molar-refractivity contribution < 1.29 is 25.2 Å². The Labute approximate surface area is 310 Å².